The zero-order valence-electron chi connectivity index (χ0n) is 15.8. The topological polar surface area (TPSA) is 88.3 Å². The van der Waals surface area contributed by atoms with E-state index in [1.54, 1.807) is 6.07 Å². The number of aryl methyl sites for hydroxylation is 1. The molecule has 0 bridgehead atoms. The van der Waals surface area contributed by atoms with Crippen LogP contribution in [0.2, 0.25) is 0 Å². The molecule has 1 aromatic rings. The smallest absolute Gasteiger partial charge is 0.313 e. The van der Waals surface area contributed by atoms with Crippen LogP contribution in [0.15, 0.2) is 12.3 Å². The summed E-state index contributed by atoms with van der Waals surface area (Å²) in [5.41, 5.74) is 7.00. The van der Waals surface area contributed by atoms with Gasteiger partial charge in [-0.1, -0.05) is 26.2 Å². The standard InChI is InChI=1S/C20H30N4O2/c1-13-8-9-17(15-6-4-3-5-7-15)24(12-13)20(26)19(25)23-16-10-14(2)18(21)22-11-16/h10-11,13,15,17H,3-9,12H2,1-2H3,(H2,21,22)(H,23,25)/t13-,17-/m1/s1. The SMILES string of the molecule is Cc1cc(NC(=O)C(=O)N2C[C@H](C)CC[C@@H]2C2CCCCC2)cnc1N. The highest BCUT2D eigenvalue weighted by Gasteiger charge is 2.37. The number of nitrogens with zero attached hydrogens (tertiary/aromatic N) is 2. The Labute approximate surface area is 155 Å². The molecule has 3 N–H and O–H groups in total. The number of nitrogens with one attached hydrogen (secondary N) is 1. The predicted octanol–water partition coefficient (Wildman–Crippen LogP) is 3.12. The number of anilines is 2. The zero-order chi connectivity index (χ0) is 18.7. The summed E-state index contributed by atoms with van der Waals surface area (Å²) >= 11 is 0. The summed E-state index contributed by atoms with van der Waals surface area (Å²) < 4.78 is 0. The van der Waals surface area contributed by atoms with Crippen LogP contribution < -0.4 is 11.1 Å². The molecule has 1 aliphatic carbocycles. The first kappa shape index (κ1) is 18.7. The normalized spacial score (nSPS) is 24.3. The van der Waals surface area contributed by atoms with E-state index in [9.17, 15) is 9.59 Å². The van der Waals surface area contributed by atoms with Gasteiger partial charge >= 0.3 is 11.8 Å². The highest BCUT2D eigenvalue weighted by molar-refractivity contribution is 6.39. The van der Waals surface area contributed by atoms with Gasteiger partial charge in [0.1, 0.15) is 5.82 Å². The van der Waals surface area contributed by atoms with Crippen molar-refractivity contribution in [3.05, 3.63) is 17.8 Å². The van der Waals surface area contributed by atoms with Gasteiger partial charge in [-0.25, -0.2) is 4.98 Å². The number of hydrogen-bond donors (Lipinski definition) is 2. The fraction of sp³-hybridized carbons (Fsp3) is 0.650. The highest BCUT2D eigenvalue weighted by atomic mass is 16.2. The van der Waals surface area contributed by atoms with Crippen molar-refractivity contribution < 1.29 is 9.59 Å². The zero-order valence-corrected chi connectivity index (χ0v) is 15.8. The van der Waals surface area contributed by atoms with Gasteiger partial charge in [-0.05, 0) is 56.1 Å². The molecule has 26 heavy (non-hydrogen) atoms. The Hall–Kier alpha value is -2.11. The molecule has 1 saturated heterocycles. The molecule has 1 aromatic heterocycles. The molecule has 142 valence electrons. The summed E-state index contributed by atoms with van der Waals surface area (Å²) in [7, 11) is 0. The molecular formula is C20H30N4O2. The molecule has 0 aromatic carbocycles. The Bertz CT molecular complexity index is 670. The van der Waals surface area contributed by atoms with Gasteiger partial charge in [0.25, 0.3) is 0 Å². The number of aromatic nitrogens is 1. The van der Waals surface area contributed by atoms with E-state index in [1.165, 1.54) is 38.3 Å². The maximum atomic E-state index is 12.9. The molecule has 6 heteroatoms. The van der Waals surface area contributed by atoms with Crippen LogP contribution in [-0.4, -0.2) is 34.3 Å². The number of pyridine rings is 1. The second-order valence-electron chi connectivity index (χ2n) is 7.99. The van der Waals surface area contributed by atoms with Gasteiger partial charge in [-0.15, -0.1) is 0 Å². The van der Waals surface area contributed by atoms with Crippen LogP contribution in [0, 0.1) is 18.8 Å². The molecule has 0 unspecified atom stereocenters. The molecule has 2 aliphatic rings. The Balaban J connectivity index is 1.71. The van der Waals surface area contributed by atoms with Crippen molar-refractivity contribution >= 4 is 23.3 Å². The summed E-state index contributed by atoms with van der Waals surface area (Å²) in [6, 6.07) is 1.95. The molecule has 0 spiro atoms. The molecule has 0 radical (unpaired) electrons. The molecule has 2 atom stereocenters. The van der Waals surface area contributed by atoms with E-state index < -0.39 is 11.8 Å². The first-order valence-electron chi connectivity index (χ1n) is 9.79. The molecule has 1 aliphatic heterocycles. The van der Waals surface area contributed by atoms with Crippen LogP contribution in [0.25, 0.3) is 0 Å². The van der Waals surface area contributed by atoms with Crippen molar-refractivity contribution in [3.8, 4) is 0 Å². The minimum Gasteiger partial charge on any atom is -0.383 e. The number of likely N-dealkylation sites (tertiary alicyclic amines) is 1. The van der Waals surface area contributed by atoms with Crippen LogP contribution in [0.4, 0.5) is 11.5 Å². The van der Waals surface area contributed by atoms with Crippen molar-refractivity contribution in [3.63, 3.8) is 0 Å². The molecule has 2 amide bonds. The molecule has 3 rings (SSSR count). The average Bonchev–Trinajstić information content (AvgIpc) is 2.64. The van der Waals surface area contributed by atoms with Crippen molar-refractivity contribution in [1.29, 1.82) is 0 Å². The number of hydrogen-bond acceptors (Lipinski definition) is 4. The van der Waals surface area contributed by atoms with Gasteiger partial charge in [0, 0.05) is 12.6 Å². The number of piperidine rings is 1. The van der Waals surface area contributed by atoms with Gasteiger partial charge in [-0.3, -0.25) is 9.59 Å². The fourth-order valence-corrected chi connectivity index (χ4v) is 4.38. The molecule has 6 nitrogen and oxygen atoms in total. The van der Waals surface area contributed by atoms with Crippen LogP contribution >= 0.6 is 0 Å². The number of amides is 2. The summed E-state index contributed by atoms with van der Waals surface area (Å²) in [6.07, 6.45) is 9.74. The van der Waals surface area contributed by atoms with E-state index in [4.69, 9.17) is 5.73 Å². The third-order valence-electron chi connectivity index (χ3n) is 5.89. The van der Waals surface area contributed by atoms with Gasteiger partial charge in [0.2, 0.25) is 0 Å². The van der Waals surface area contributed by atoms with Crippen molar-refractivity contribution in [2.45, 2.75) is 64.8 Å². The monoisotopic (exact) mass is 358 g/mol. The fourth-order valence-electron chi connectivity index (χ4n) is 4.38. The molecule has 2 heterocycles. The third-order valence-corrected chi connectivity index (χ3v) is 5.89. The van der Waals surface area contributed by atoms with E-state index in [1.807, 2.05) is 11.8 Å². The van der Waals surface area contributed by atoms with Crippen LogP contribution in [0.3, 0.4) is 0 Å². The van der Waals surface area contributed by atoms with Gasteiger partial charge in [0.05, 0.1) is 11.9 Å². The Morgan fingerprint density at radius 3 is 2.62 bits per heavy atom. The lowest BCUT2D eigenvalue weighted by Gasteiger charge is -2.43. The number of carbonyl (C=O) groups excluding carboxylic acids is 2. The second-order valence-corrected chi connectivity index (χ2v) is 7.99. The number of nitrogens with two attached hydrogens (primary N) is 1. The number of carbonyl (C=O) groups is 2. The minimum atomic E-state index is -0.578. The summed E-state index contributed by atoms with van der Waals surface area (Å²) in [5, 5.41) is 2.70. The minimum absolute atomic E-state index is 0.205. The molecular weight excluding hydrogens is 328 g/mol. The van der Waals surface area contributed by atoms with E-state index in [0.29, 0.717) is 29.9 Å². The van der Waals surface area contributed by atoms with E-state index in [-0.39, 0.29) is 6.04 Å². The molecule has 2 fully saturated rings. The van der Waals surface area contributed by atoms with Gasteiger partial charge < -0.3 is 16.0 Å². The third kappa shape index (κ3) is 4.17. The Morgan fingerprint density at radius 1 is 1.19 bits per heavy atom. The second kappa shape index (κ2) is 8.06. The van der Waals surface area contributed by atoms with Crippen molar-refractivity contribution in [2.24, 2.45) is 11.8 Å². The quantitative estimate of drug-likeness (QED) is 0.795. The average molecular weight is 358 g/mol. The van der Waals surface area contributed by atoms with Crippen LogP contribution in [-0.2, 0) is 9.59 Å². The van der Waals surface area contributed by atoms with Crippen LogP contribution in [0.1, 0.15) is 57.4 Å². The lowest BCUT2D eigenvalue weighted by molar-refractivity contribution is -0.147. The summed E-state index contributed by atoms with van der Waals surface area (Å²) in [6.45, 7) is 4.65. The van der Waals surface area contributed by atoms with Crippen molar-refractivity contribution in [1.82, 2.24) is 9.88 Å². The first-order chi connectivity index (χ1) is 12.5. The number of nitrogen functional groups attached to an aromatic ring is 1. The van der Waals surface area contributed by atoms with E-state index in [0.717, 1.165) is 18.4 Å². The summed E-state index contributed by atoms with van der Waals surface area (Å²) in [5.74, 6) is 0.407. The summed E-state index contributed by atoms with van der Waals surface area (Å²) in [4.78, 5) is 31.4. The lowest BCUT2D eigenvalue weighted by atomic mass is 9.78. The van der Waals surface area contributed by atoms with E-state index in [2.05, 4.69) is 17.2 Å². The number of rotatable bonds is 2. The first-order valence-corrected chi connectivity index (χ1v) is 9.79. The van der Waals surface area contributed by atoms with Gasteiger partial charge in [0.15, 0.2) is 0 Å². The van der Waals surface area contributed by atoms with Crippen LogP contribution in [0.5, 0.6) is 0 Å². The predicted molar refractivity (Wildman–Crippen MR) is 102 cm³/mol. The highest BCUT2D eigenvalue weighted by Crippen LogP contribution is 2.35. The maximum absolute atomic E-state index is 12.9. The Kier molecular flexibility index (Phi) is 5.79. The van der Waals surface area contributed by atoms with Gasteiger partial charge in [-0.2, -0.15) is 0 Å². The van der Waals surface area contributed by atoms with Crippen molar-refractivity contribution in [2.75, 3.05) is 17.6 Å². The van der Waals surface area contributed by atoms with E-state index >= 15 is 0 Å². The largest absolute Gasteiger partial charge is 0.383 e. The maximum Gasteiger partial charge on any atom is 0.313 e. The lowest BCUT2D eigenvalue weighted by Crippen LogP contribution is -2.53. The molecule has 1 saturated carbocycles. The Morgan fingerprint density at radius 2 is 1.92 bits per heavy atom.